The summed E-state index contributed by atoms with van der Waals surface area (Å²) in [5, 5.41) is 3.36. The third-order valence-electron chi connectivity index (χ3n) is 4.78. The summed E-state index contributed by atoms with van der Waals surface area (Å²) in [5.41, 5.74) is 0.427. The molecule has 0 aromatic carbocycles. The van der Waals surface area contributed by atoms with Gasteiger partial charge in [0.15, 0.2) is 0 Å². The normalized spacial score (nSPS) is 31.6. The molecule has 1 unspecified atom stereocenters. The standard InChI is InChI=1S/C15H30N2/c1-15(2)10-13(11-16-3)12-17(15)14-8-6-4-5-7-9-14/h13-14,16H,4-12H2,1-3H3. The summed E-state index contributed by atoms with van der Waals surface area (Å²) in [7, 11) is 2.08. The zero-order valence-corrected chi connectivity index (χ0v) is 12.0. The van der Waals surface area contributed by atoms with Crippen molar-refractivity contribution >= 4 is 0 Å². The maximum Gasteiger partial charge on any atom is 0.0159 e. The van der Waals surface area contributed by atoms with E-state index in [1.165, 1.54) is 58.0 Å². The summed E-state index contributed by atoms with van der Waals surface area (Å²) in [4.78, 5) is 2.83. The fraction of sp³-hybridized carbons (Fsp3) is 1.00. The zero-order valence-electron chi connectivity index (χ0n) is 12.0. The lowest BCUT2D eigenvalue weighted by molar-refractivity contribution is 0.103. The Bertz CT molecular complexity index is 229. The maximum atomic E-state index is 3.36. The van der Waals surface area contributed by atoms with E-state index in [0.29, 0.717) is 5.54 Å². The first-order chi connectivity index (χ1) is 8.13. The minimum absolute atomic E-state index is 0.427. The Balaban J connectivity index is 1.98. The predicted octanol–water partition coefficient (Wildman–Crippen LogP) is 3.03. The van der Waals surface area contributed by atoms with Gasteiger partial charge >= 0.3 is 0 Å². The second-order valence-electron chi connectivity index (χ2n) is 6.74. The van der Waals surface area contributed by atoms with Crippen LogP contribution in [0.4, 0.5) is 0 Å². The molecular weight excluding hydrogens is 208 g/mol. The third-order valence-corrected chi connectivity index (χ3v) is 4.78. The Kier molecular flexibility index (Phi) is 4.48. The average molecular weight is 238 g/mol. The molecule has 1 saturated carbocycles. The molecule has 1 heterocycles. The van der Waals surface area contributed by atoms with Crippen molar-refractivity contribution in [3.63, 3.8) is 0 Å². The summed E-state index contributed by atoms with van der Waals surface area (Å²) >= 11 is 0. The second kappa shape index (κ2) is 5.71. The van der Waals surface area contributed by atoms with E-state index in [2.05, 4.69) is 31.1 Å². The Hall–Kier alpha value is -0.0800. The van der Waals surface area contributed by atoms with Crippen LogP contribution in [-0.2, 0) is 0 Å². The average Bonchev–Trinajstić information content (AvgIpc) is 2.48. The smallest absolute Gasteiger partial charge is 0.0159 e. The van der Waals surface area contributed by atoms with E-state index in [9.17, 15) is 0 Å². The van der Waals surface area contributed by atoms with Crippen molar-refractivity contribution in [2.75, 3.05) is 20.1 Å². The lowest BCUT2D eigenvalue weighted by atomic mass is 9.95. The van der Waals surface area contributed by atoms with Gasteiger partial charge < -0.3 is 5.32 Å². The first-order valence-corrected chi connectivity index (χ1v) is 7.55. The summed E-state index contributed by atoms with van der Waals surface area (Å²) < 4.78 is 0. The highest BCUT2D eigenvalue weighted by molar-refractivity contribution is 4.96. The van der Waals surface area contributed by atoms with E-state index in [0.717, 1.165) is 12.0 Å². The van der Waals surface area contributed by atoms with Crippen molar-refractivity contribution in [2.45, 2.75) is 70.4 Å². The number of nitrogens with one attached hydrogen (secondary N) is 1. The first-order valence-electron chi connectivity index (χ1n) is 7.55. The van der Waals surface area contributed by atoms with Crippen molar-refractivity contribution < 1.29 is 0 Å². The number of hydrogen-bond donors (Lipinski definition) is 1. The molecule has 2 aliphatic rings. The Morgan fingerprint density at radius 2 is 1.76 bits per heavy atom. The molecule has 1 N–H and O–H groups in total. The summed E-state index contributed by atoms with van der Waals surface area (Å²) in [6.45, 7) is 7.41. The molecule has 2 rings (SSSR count). The van der Waals surface area contributed by atoms with Gasteiger partial charge in [-0.3, -0.25) is 4.90 Å². The molecule has 17 heavy (non-hydrogen) atoms. The van der Waals surface area contributed by atoms with Crippen molar-refractivity contribution in [1.29, 1.82) is 0 Å². The van der Waals surface area contributed by atoms with Crippen molar-refractivity contribution in [2.24, 2.45) is 5.92 Å². The van der Waals surface area contributed by atoms with Crippen LogP contribution in [0.1, 0.15) is 58.8 Å². The quantitative estimate of drug-likeness (QED) is 0.760. The lowest BCUT2D eigenvalue weighted by Gasteiger charge is -2.38. The van der Waals surface area contributed by atoms with Crippen molar-refractivity contribution in [1.82, 2.24) is 10.2 Å². The lowest BCUT2D eigenvalue weighted by Crippen LogP contribution is -2.45. The first kappa shape index (κ1) is 13.4. The Morgan fingerprint density at radius 1 is 1.12 bits per heavy atom. The summed E-state index contributed by atoms with van der Waals surface area (Å²) in [6, 6.07) is 0.870. The fourth-order valence-corrected chi connectivity index (χ4v) is 4.05. The monoisotopic (exact) mass is 238 g/mol. The van der Waals surface area contributed by atoms with Gasteiger partial charge in [0.25, 0.3) is 0 Å². The Morgan fingerprint density at radius 3 is 2.35 bits per heavy atom. The van der Waals surface area contributed by atoms with E-state index in [-0.39, 0.29) is 0 Å². The van der Waals surface area contributed by atoms with Gasteiger partial charge in [0.2, 0.25) is 0 Å². The van der Waals surface area contributed by atoms with E-state index in [4.69, 9.17) is 0 Å². The van der Waals surface area contributed by atoms with Crippen molar-refractivity contribution in [3.8, 4) is 0 Å². The topological polar surface area (TPSA) is 15.3 Å². The van der Waals surface area contributed by atoms with Crippen LogP contribution in [0.15, 0.2) is 0 Å². The minimum atomic E-state index is 0.427. The maximum absolute atomic E-state index is 3.36. The van der Waals surface area contributed by atoms with Gasteiger partial charge in [0, 0.05) is 18.1 Å². The third kappa shape index (κ3) is 3.23. The summed E-state index contributed by atoms with van der Waals surface area (Å²) in [6.07, 6.45) is 10.1. The van der Waals surface area contributed by atoms with Gasteiger partial charge in [-0.05, 0) is 52.6 Å². The van der Waals surface area contributed by atoms with Crippen LogP contribution in [0.3, 0.4) is 0 Å². The van der Waals surface area contributed by atoms with Gasteiger partial charge in [-0.15, -0.1) is 0 Å². The molecule has 1 atom stereocenters. The molecule has 1 saturated heterocycles. The minimum Gasteiger partial charge on any atom is -0.319 e. The van der Waals surface area contributed by atoms with E-state index >= 15 is 0 Å². The van der Waals surface area contributed by atoms with Gasteiger partial charge in [-0.25, -0.2) is 0 Å². The molecule has 0 aromatic heterocycles. The van der Waals surface area contributed by atoms with Crippen LogP contribution in [-0.4, -0.2) is 36.6 Å². The number of hydrogen-bond acceptors (Lipinski definition) is 2. The molecular formula is C15H30N2. The molecule has 0 bridgehead atoms. The molecule has 2 heteroatoms. The molecule has 100 valence electrons. The Labute approximate surface area is 107 Å². The highest BCUT2D eigenvalue weighted by Gasteiger charge is 2.41. The van der Waals surface area contributed by atoms with Crippen molar-refractivity contribution in [3.05, 3.63) is 0 Å². The van der Waals surface area contributed by atoms with Crippen LogP contribution in [0.25, 0.3) is 0 Å². The molecule has 0 radical (unpaired) electrons. The largest absolute Gasteiger partial charge is 0.319 e. The fourth-order valence-electron chi connectivity index (χ4n) is 4.05. The van der Waals surface area contributed by atoms with Crippen LogP contribution in [0.2, 0.25) is 0 Å². The molecule has 0 aromatic rings. The number of nitrogens with zero attached hydrogens (tertiary/aromatic N) is 1. The highest BCUT2D eigenvalue weighted by atomic mass is 15.2. The van der Waals surface area contributed by atoms with Gasteiger partial charge in [-0.2, -0.15) is 0 Å². The SMILES string of the molecule is CNCC1CN(C2CCCCCC2)C(C)(C)C1. The predicted molar refractivity (Wildman–Crippen MR) is 74.3 cm³/mol. The van der Waals surface area contributed by atoms with Crippen LogP contribution in [0.5, 0.6) is 0 Å². The van der Waals surface area contributed by atoms with Crippen LogP contribution < -0.4 is 5.32 Å². The van der Waals surface area contributed by atoms with E-state index in [1.54, 1.807) is 0 Å². The van der Waals surface area contributed by atoms with Crippen LogP contribution >= 0.6 is 0 Å². The molecule has 1 aliphatic carbocycles. The van der Waals surface area contributed by atoms with Gasteiger partial charge in [-0.1, -0.05) is 25.7 Å². The molecule has 0 spiro atoms. The van der Waals surface area contributed by atoms with Gasteiger partial charge in [0.05, 0.1) is 0 Å². The summed E-state index contributed by atoms with van der Waals surface area (Å²) in [5.74, 6) is 0.859. The molecule has 2 fully saturated rings. The molecule has 0 amide bonds. The van der Waals surface area contributed by atoms with Gasteiger partial charge in [0.1, 0.15) is 0 Å². The molecule has 1 aliphatic heterocycles. The highest BCUT2D eigenvalue weighted by Crippen LogP contribution is 2.37. The van der Waals surface area contributed by atoms with E-state index < -0.39 is 0 Å². The van der Waals surface area contributed by atoms with E-state index in [1.807, 2.05) is 0 Å². The van der Waals surface area contributed by atoms with Crippen LogP contribution in [0, 0.1) is 5.92 Å². The second-order valence-corrected chi connectivity index (χ2v) is 6.74. The zero-order chi connectivity index (χ0) is 12.3. The number of rotatable bonds is 3. The molecule has 2 nitrogen and oxygen atoms in total. The number of likely N-dealkylation sites (tertiary alicyclic amines) is 1.